The van der Waals surface area contributed by atoms with Crippen LogP contribution in [-0.2, 0) is 6.61 Å². The van der Waals surface area contributed by atoms with Crippen LogP contribution in [0.5, 0.6) is 11.5 Å². The number of hydrogen-bond donors (Lipinski definition) is 2. The number of methoxy groups -OCH3 is 1. The van der Waals surface area contributed by atoms with Gasteiger partial charge in [-0.2, -0.15) is 0 Å². The number of anilines is 2. The summed E-state index contributed by atoms with van der Waals surface area (Å²) in [5, 5.41) is 6.56. The zero-order chi connectivity index (χ0) is 22.5. The molecule has 0 radical (unpaired) electrons. The molecule has 0 atom stereocenters. The van der Waals surface area contributed by atoms with E-state index in [1.807, 2.05) is 30.3 Å². The molecule has 0 unspecified atom stereocenters. The largest absolute Gasteiger partial charge is 0.493 e. The van der Waals surface area contributed by atoms with E-state index in [1.165, 1.54) is 6.33 Å². The molecule has 0 aliphatic carbocycles. The van der Waals surface area contributed by atoms with Crippen molar-refractivity contribution in [2.45, 2.75) is 6.61 Å². The predicted octanol–water partition coefficient (Wildman–Crippen LogP) is 6.17. The second-order valence-electron chi connectivity index (χ2n) is 6.69. The maximum atomic E-state index is 12.6. The molecular weight excluding hydrogens is 451 g/mol. The summed E-state index contributed by atoms with van der Waals surface area (Å²) in [6.07, 6.45) is 1.36. The first kappa shape index (κ1) is 21.7. The Hall–Kier alpha value is -3.55. The molecule has 0 fully saturated rings. The van der Waals surface area contributed by atoms with Crippen molar-refractivity contribution in [2.75, 3.05) is 17.7 Å². The summed E-state index contributed by atoms with van der Waals surface area (Å²) < 4.78 is 11.4. The molecule has 2 N–H and O–H groups in total. The molecule has 2 amide bonds. The summed E-state index contributed by atoms with van der Waals surface area (Å²) in [7, 11) is 1.54. The number of hydrogen-bond acceptors (Lipinski definition) is 5. The monoisotopic (exact) mass is 468 g/mol. The van der Waals surface area contributed by atoms with Gasteiger partial charge in [0.1, 0.15) is 18.8 Å². The van der Waals surface area contributed by atoms with Crippen molar-refractivity contribution >= 4 is 51.6 Å². The lowest BCUT2D eigenvalue weighted by molar-refractivity contribution is 0.262. The number of para-hydroxylation sites is 1. The fraction of sp³-hybridized carbons (Fsp3) is 0.0870. The van der Waals surface area contributed by atoms with Gasteiger partial charge in [-0.1, -0.05) is 59.6 Å². The second kappa shape index (κ2) is 9.72. The topological polar surface area (TPSA) is 85.4 Å². The molecule has 1 heterocycles. The molecule has 4 rings (SSSR count). The van der Waals surface area contributed by atoms with Gasteiger partial charge in [0.25, 0.3) is 0 Å². The first-order valence-corrected chi connectivity index (χ1v) is 10.3. The molecule has 162 valence electrons. The molecule has 0 bridgehead atoms. The second-order valence-corrected chi connectivity index (χ2v) is 7.51. The average Bonchev–Trinajstić information content (AvgIpc) is 2.80. The third kappa shape index (κ3) is 4.85. The van der Waals surface area contributed by atoms with E-state index in [1.54, 1.807) is 37.4 Å². The minimum atomic E-state index is -0.552. The molecule has 0 aliphatic rings. The predicted molar refractivity (Wildman–Crippen MR) is 126 cm³/mol. The highest BCUT2D eigenvalue weighted by Crippen LogP contribution is 2.35. The van der Waals surface area contributed by atoms with Crippen LogP contribution in [0.2, 0.25) is 10.0 Å². The lowest BCUT2D eigenvalue weighted by atomic mass is 10.2. The molecule has 7 nitrogen and oxygen atoms in total. The quantitative estimate of drug-likeness (QED) is 0.353. The van der Waals surface area contributed by atoms with Crippen molar-refractivity contribution < 1.29 is 14.3 Å². The molecular formula is C23H18Cl2N4O3. The Morgan fingerprint density at radius 3 is 2.41 bits per heavy atom. The van der Waals surface area contributed by atoms with Gasteiger partial charge in [-0.25, -0.2) is 14.8 Å². The van der Waals surface area contributed by atoms with E-state index in [2.05, 4.69) is 20.6 Å². The number of amides is 2. The van der Waals surface area contributed by atoms with Gasteiger partial charge in [0, 0.05) is 11.5 Å². The molecule has 0 aliphatic heterocycles. The normalized spacial score (nSPS) is 10.6. The number of nitrogens with zero attached hydrogens (tertiary/aromatic N) is 2. The third-order valence-corrected chi connectivity index (χ3v) is 5.22. The Labute approximate surface area is 194 Å². The van der Waals surface area contributed by atoms with Gasteiger partial charge >= 0.3 is 6.03 Å². The summed E-state index contributed by atoms with van der Waals surface area (Å²) in [6, 6.07) is 17.6. The van der Waals surface area contributed by atoms with E-state index in [0.717, 1.165) is 5.56 Å². The molecule has 4 aromatic rings. The van der Waals surface area contributed by atoms with Crippen molar-refractivity contribution in [3.63, 3.8) is 0 Å². The van der Waals surface area contributed by atoms with E-state index in [4.69, 9.17) is 32.7 Å². The number of aromatic nitrogens is 2. The molecule has 32 heavy (non-hydrogen) atoms. The first-order valence-electron chi connectivity index (χ1n) is 9.56. The van der Waals surface area contributed by atoms with Gasteiger partial charge in [-0.15, -0.1) is 0 Å². The summed E-state index contributed by atoms with van der Waals surface area (Å²) in [6.45, 7) is 0.375. The number of nitrogens with one attached hydrogen (secondary N) is 2. The average molecular weight is 469 g/mol. The van der Waals surface area contributed by atoms with Gasteiger partial charge < -0.3 is 14.8 Å². The van der Waals surface area contributed by atoms with Crippen LogP contribution >= 0.6 is 23.2 Å². The smallest absolute Gasteiger partial charge is 0.324 e. The van der Waals surface area contributed by atoms with Crippen LogP contribution in [-0.4, -0.2) is 23.1 Å². The zero-order valence-electron chi connectivity index (χ0n) is 16.9. The van der Waals surface area contributed by atoms with E-state index < -0.39 is 6.03 Å². The Morgan fingerprint density at radius 2 is 1.69 bits per heavy atom. The zero-order valence-corrected chi connectivity index (χ0v) is 18.4. The van der Waals surface area contributed by atoms with E-state index in [0.29, 0.717) is 50.6 Å². The lowest BCUT2D eigenvalue weighted by Gasteiger charge is -2.14. The van der Waals surface area contributed by atoms with Crippen molar-refractivity contribution in [1.82, 2.24) is 9.97 Å². The van der Waals surface area contributed by atoms with Crippen LogP contribution in [0.1, 0.15) is 5.56 Å². The SMILES string of the molecule is COc1cc2c(NC(=O)Nc3c(Cl)cccc3Cl)ncnc2cc1OCc1ccccc1. The fourth-order valence-corrected chi connectivity index (χ4v) is 3.53. The van der Waals surface area contributed by atoms with Crippen LogP contribution in [0.3, 0.4) is 0 Å². The maximum absolute atomic E-state index is 12.6. The van der Waals surface area contributed by atoms with Gasteiger partial charge in [0.2, 0.25) is 0 Å². The van der Waals surface area contributed by atoms with E-state index in [9.17, 15) is 4.79 Å². The number of carbonyl (C=O) groups excluding carboxylic acids is 1. The van der Waals surface area contributed by atoms with Crippen LogP contribution in [0.4, 0.5) is 16.3 Å². The Morgan fingerprint density at radius 1 is 0.938 bits per heavy atom. The molecule has 3 aromatic carbocycles. The van der Waals surface area contributed by atoms with Gasteiger partial charge in [0.15, 0.2) is 11.5 Å². The summed E-state index contributed by atoms with van der Waals surface area (Å²) >= 11 is 12.2. The standard InChI is InChI=1S/C23H18Cl2N4O3/c1-31-19-10-15-18(11-20(19)32-12-14-6-3-2-4-7-14)26-13-27-22(15)29-23(30)28-21-16(24)8-5-9-17(21)25/h2-11,13H,12H2,1H3,(H2,26,27,28,29,30). The van der Waals surface area contributed by atoms with Crippen molar-refractivity contribution in [3.8, 4) is 11.5 Å². The highest BCUT2D eigenvalue weighted by atomic mass is 35.5. The number of fused-ring (bicyclic) bond motifs is 1. The summed E-state index contributed by atoms with van der Waals surface area (Å²) in [5.74, 6) is 1.31. The summed E-state index contributed by atoms with van der Waals surface area (Å²) in [5.41, 5.74) is 1.91. The van der Waals surface area contributed by atoms with Gasteiger partial charge in [-0.05, 0) is 23.8 Å². The van der Waals surface area contributed by atoms with Crippen LogP contribution in [0.15, 0.2) is 67.0 Å². The molecule has 9 heteroatoms. The van der Waals surface area contributed by atoms with Gasteiger partial charge in [0.05, 0.1) is 28.4 Å². The Bertz CT molecular complexity index is 1250. The lowest BCUT2D eigenvalue weighted by Crippen LogP contribution is -2.20. The Kier molecular flexibility index (Phi) is 6.58. The fourth-order valence-electron chi connectivity index (χ4n) is 3.04. The summed E-state index contributed by atoms with van der Waals surface area (Å²) in [4.78, 5) is 21.0. The number of urea groups is 1. The molecule has 0 spiro atoms. The van der Waals surface area contributed by atoms with Crippen LogP contribution < -0.4 is 20.1 Å². The number of ether oxygens (including phenoxy) is 2. The number of halogens is 2. The van der Waals surface area contributed by atoms with Crippen molar-refractivity contribution in [2.24, 2.45) is 0 Å². The Balaban J connectivity index is 1.58. The molecule has 0 saturated carbocycles. The highest BCUT2D eigenvalue weighted by Gasteiger charge is 2.15. The van der Waals surface area contributed by atoms with Crippen molar-refractivity contribution in [3.05, 3.63) is 82.6 Å². The van der Waals surface area contributed by atoms with Crippen LogP contribution in [0, 0.1) is 0 Å². The number of rotatable bonds is 6. The minimum absolute atomic E-state index is 0.295. The highest BCUT2D eigenvalue weighted by molar-refractivity contribution is 6.39. The number of carbonyl (C=O) groups is 1. The third-order valence-electron chi connectivity index (χ3n) is 4.59. The molecule has 0 saturated heterocycles. The van der Waals surface area contributed by atoms with E-state index >= 15 is 0 Å². The van der Waals surface area contributed by atoms with Crippen LogP contribution in [0.25, 0.3) is 10.9 Å². The molecule has 1 aromatic heterocycles. The minimum Gasteiger partial charge on any atom is -0.493 e. The first-order chi connectivity index (χ1) is 15.5. The van der Waals surface area contributed by atoms with Gasteiger partial charge in [-0.3, -0.25) is 5.32 Å². The maximum Gasteiger partial charge on any atom is 0.324 e. The van der Waals surface area contributed by atoms with Crippen molar-refractivity contribution in [1.29, 1.82) is 0 Å². The van der Waals surface area contributed by atoms with E-state index in [-0.39, 0.29) is 0 Å². The number of benzene rings is 3.